The van der Waals surface area contributed by atoms with Gasteiger partial charge in [0.1, 0.15) is 12.4 Å². The average Bonchev–Trinajstić information content (AvgIpc) is 3.28. The van der Waals surface area contributed by atoms with Gasteiger partial charge in [0, 0.05) is 20.1 Å². The summed E-state index contributed by atoms with van der Waals surface area (Å²) in [5, 5.41) is 2.91. The molecule has 1 aliphatic heterocycles. The fraction of sp³-hybridized carbons (Fsp3) is 0.560. The number of esters is 1. The van der Waals surface area contributed by atoms with Crippen LogP contribution in [0.15, 0.2) is 34.7 Å². The number of anilines is 1. The molecule has 9 nitrogen and oxygen atoms in total. The van der Waals surface area contributed by atoms with Gasteiger partial charge in [-0.05, 0) is 24.8 Å². The Bertz CT molecular complexity index is 917. The molecule has 1 aromatic heterocycles. The van der Waals surface area contributed by atoms with E-state index in [2.05, 4.69) is 10.3 Å². The van der Waals surface area contributed by atoms with Gasteiger partial charge < -0.3 is 28.8 Å². The van der Waals surface area contributed by atoms with Crippen molar-refractivity contribution in [2.75, 3.05) is 31.7 Å². The number of carbonyl (C=O) groups is 2. The van der Waals surface area contributed by atoms with Crippen molar-refractivity contribution in [3.8, 4) is 0 Å². The molecule has 0 saturated carbocycles. The summed E-state index contributed by atoms with van der Waals surface area (Å²) in [6, 6.07) is 9.68. The molecule has 1 saturated heterocycles. The second-order valence-electron chi connectivity index (χ2n) is 8.33. The second-order valence-corrected chi connectivity index (χ2v) is 8.33. The first kappa shape index (κ1) is 25.6. The monoisotopic (exact) mass is 473 g/mol. The van der Waals surface area contributed by atoms with E-state index in [0.717, 1.165) is 24.8 Å². The number of oxazole rings is 1. The predicted octanol–water partition coefficient (Wildman–Crippen LogP) is 4.10. The van der Waals surface area contributed by atoms with Crippen molar-refractivity contribution in [1.29, 1.82) is 0 Å². The van der Waals surface area contributed by atoms with E-state index < -0.39 is 12.1 Å². The SMILES string of the molecule is CCCCOC(=O)c1nc(N2CC[C@@H](NC(=O)OCc3ccccc3)[C@@H](OC)C2)oc1CCC. The zero-order chi connectivity index (χ0) is 24.3. The minimum absolute atomic E-state index is 0.205. The maximum Gasteiger partial charge on any atom is 0.407 e. The molecule has 2 heterocycles. The molecule has 1 aromatic carbocycles. The summed E-state index contributed by atoms with van der Waals surface area (Å²) in [6.45, 7) is 5.67. The van der Waals surface area contributed by atoms with Crippen LogP contribution in [-0.2, 0) is 27.2 Å². The Kier molecular flexibility index (Phi) is 9.75. The van der Waals surface area contributed by atoms with Crippen LogP contribution in [0.1, 0.15) is 61.3 Å². The van der Waals surface area contributed by atoms with Gasteiger partial charge >= 0.3 is 12.1 Å². The summed E-state index contributed by atoms with van der Waals surface area (Å²) in [5.74, 6) is 0.0885. The molecule has 0 spiro atoms. The second kappa shape index (κ2) is 13.0. The van der Waals surface area contributed by atoms with Gasteiger partial charge in [-0.15, -0.1) is 0 Å². The van der Waals surface area contributed by atoms with E-state index in [-0.39, 0.29) is 24.4 Å². The Morgan fingerprint density at radius 3 is 2.68 bits per heavy atom. The molecule has 186 valence electrons. The van der Waals surface area contributed by atoms with Gasteiger partial charge in [0.15, 0.2) is 5.69 Å². The van der Waals surface area contributed by atoms with Gasteiger partial charge in [-0.1, -0.05) is 50.6 Å². The molecule has 0 aliphatic carbocycles. The summed E-state index contributed by atoms with van der Waals surface area (Å²) in [6.07, 6.45) is 3.01. The van der Waals surface area contributed by atoms with Gasteiger partial charge in [-0.25, -0.2) is 9.59 Å². The molecular formula is C25H35N3O6. The highest BCUT2D eigenvalue weighted by atomic mass is 16.5. The van der Waals surface area contributed by atoms with Gasteiger partial charge in [-0.2, -0.15) is 4.98 Å². The van der Waals surface area contributed by atoms with Gasteiger partial charge in [0.25, 0.3) is 6.01 Å². The number of piperidine rings is 1. The number of nitrogens with one attached hydrogen (secondary N) is 1. The lowest BCUT2D eigenvalue weighted by Crippen LogP contribution is -2.55. The Hall–Kier alpha value is -3.07. The number of alkyl carbamates (subject to hydrolysis) is 1. The molecule has 1 amide bonds. The van der Waals surface area contributed by atoms with E-state index >= 15 is 0 Å². The average molecular weight is 474 g/mol. The zero-order valence-electron chi connectivity index (χ0n) is 20.2. The lowest BCUT2D eigenvalue weighted by atomic mass is 10.0. The Morgan fingerprint density at radius 2 is 1.97 bits per heavy atom. The van der Waals surface area contributed by atoms with Crippen molar-refractivity contribution in [1.82, 2.24) is 10.3 Å². The molecule has 3 rings (SSSR count). The topological polar surface area (TPSA) is 103 Å². The molecule has 1 aliphatic rings. The number of amides is 1. The number of nitrogens with zero attached hydrogens (tertiary/aromatic N) is 2. The van der Waals surface area contributed by atoms with Gasteiger partial charge in [0.05, 0.1) is 25.3 Å². The number of aryl methyl sites for hydroxylation is 1. The van der Waals surface area contributed by atoms with Crippen LogP contribution < -0.4 is 10.2 Å². The van der Waals surface area contributed by atoms with E-state index in [9.17, 15) is 9.59 Å². The van der Waals surface area contributed by atoms with Crippen molar-refractivity contribution < 1.29 is 28.2 Å². The summed E-state index contributed by atoms with van der Waals surface area (Å²) >= 11 is 0. The quantitative estimate of drug-likeness (QED) is 0.384. The van der Waals surface area contributed by atoms with Crippen molar-refractivity contribution in [3.63, 3.8) is 0 Å². The summed E-state index contributed by atoms with van der Waals surface area (Å²) in [4.78, 5) is 31.2. The third kappa shape index (κ3) is 6.96. The maximum absolute atomic E-state index is 12.5. The van der Waals surface area contributed by atoms with Crippen molar-refractivity contribution in [2.45, 2.75) is 64.7 Å². The van der Waals surface area contributed by atoms with Crippen LogP contribution in [0.3, 0.4) is 0 Å². The van der Waals surface area contributed by atoms with Gasteiger partial charge in [0.2, 0.25) is 0 Å². The first-order valence-electron chi connectivity index (χ1n) is 12.0. The number of unbranched alkanes of at least 4 members (excludes halogenated alkanes) is 1. The largest absolute Gasteiger partial charge is 0.461 e. The van der Waals surface area contributed by atoms with E-state index in [0.29, 0.717) is 44.3 Å². The molecule has 1 fully saturated rings. The number of methoxy groups -OCH3 is 1. The zero-order valence-corrected chi connectivity index (χ0v) is 20.2. The minimum Gasteiger partial charge on any atom is -0.461 e. The first-order chi connectivity index (χ1) is 16.5. The van der Waals surface area contributed by atoms with E-state index in [1.807, 2.05) is 49.1 Å². The highest BCUT2D eigenvalue weighted by Gasteiger charge is 2.34. The molecular weight excluding hydrogens is 438 g/mol. The van der Waals surface area contributed by atoms with Gasteiger partial charge in [-0.3, -0.25) is 0 Å². The Labute approximate surface area is 200 Å². The third-order valence-electron chi connectivity index (χ3n) is 5.74. The first-order valence-corrected chi connectivity index (χ1v) is 12.0. The maximum atomic E-state index is 12.5. The van der Waals surface area contributed by atoms with E-state index in [4.69, 9.17) is 18.6 Å². The van der Waals surface area contributed by atoms with Crippen molar-refractivity contribution in [3.05, 3.63) is 47.3 Å². The van der Waals surface area contributed by atoms with Crippen LogP contribution in [-0.4, -0.2) is 56.0 Å². The number of rotatable bonds is 11. The molecule has 0 bridgehead atoms. The summed E-state index contributed by atoms with van der Waals surface area (Å²) < 4.78 is 22.3. The molecule has 1 N–H and O–H groups in total. The molecule has 2 atom stereocenters. The fourth-order valence-corrected chi connectivity index (χ4v) is 3.82. The Balaban J connectivity index is 1.59. The standard InChI is InChI=1S/C25H35N3O6/c1-4-6-15-32-23(29)22-20(10-5-2)34-24(27-22)28-14-13-19(21(16-28)31-3)26-25(30)33-17-18-11-8-7-9-12-18/h7-9,11-12,19,21H,4-6,10,13-17H2,1-3H3,(H,26,30)/t19-,21+/m1/s1. The predicted molar refractivity (Wildman–Crippen MR) is 127 cm³/mol. The highest BCUT2D eigenvalue weighted by molar-refractivity contribution is 5.88. The smallest absolute Gasteiger partial charge is 0.407 e. The van der Waals surface area contributed by atoms with Crippen molar-refractivity contribution in [2.24, 2.45) is 0 Å². The number of hydrogen-bond acceptors (Lipinski definition) is 8. The minimum atomic E-state index is -0.484. The van der Waals surface area contributed by atoms with Crippen LogP contribution in [0.2, 0.25) is 0 Å². The molecule has 34 heavy (non-hydrogen) atoms. The Morgan fingerprint density at radius 1 is 1.18 bits per heavy atom. The molecule has 0 radical (unpaired) electrons. The normalized spacial score (nSPS) is 17.9. The number of aromatic nitrogens is 1. The van der Waals surface area contributed by atoms with Crippen LogP contribution in [0.25, 0.3) is 0 Å². The van der Waals surface area contributed by atoms with Crippen LogP contribution in [0, 0.1) is 0 Å². The molecule has 0 unspecified atom stereocenters. The molecule has 2 aromatic rings. The lowest BCUT2D eigenvalue weighted by molar-refractivity contribution is 0.0490. The number of carbonyl (C=O) groups excluding carboxylic acids is 2. The molecule has 9 heteroatoms. The highest BCUT2D eigenvalue weighted by Crippen LogP contribution is 2.25. The van der Waals surface area contributed by atoms with Crippen LogP contribution in [0.4, 0.5) is 10.8 Å². The summed E-state index contributed by atoms with van der Waals surface area (Å²) in [7, 11) is 1.60. The number of benzene rings is 1. The number of hydrogen-bond donors (Lipinski definition) is 1. The van der Waals surface area contributed by atoms with Crippen LogP contribution in [0.5, 0.6) is 0 Å². The van der Waals surface area contributed by atoms with Crippen LogP contribution >= 0.6 is 0 Å². The van der Waals surface area contributed by atoms with E-state index in [1.54, 1.807) is 7.11 Å². The lowest BCUT2D eigenvalue weighted by Gasteiger charge is -2.37. The van der Waals surface area contributed by atoms with E-state index in [1.165, 1.54) is 0 Å². The number of ether oxygens (including phenoxy) is 3. The van der Waals surface area contributed by atoms with Crippen molar-refractivity contribution >= 4 is 18.1 Å². The fourth-order valence-electron chi connectivity index (χ4n) is 3.82. The third-order valence-corrected chi connectivity index (χ3v) is 5.74. The summed E-state index contributed by atoms with van der Waals surface area (Å²) in [5.41, 5.74) is 1.17.